The molecule has 2 aromatic heterocycles. The third-order valence-corrected chi connectivity index (χ3v) is 7.82. The summed E-state index contributed by atoms with van der Waals surface area (Å²) in [6.45, 7) is 4.56. The van der Waals surface area contributed by atoms with Crippen LogP contribution in [0.15, 0.2) is 34.0 Å². The van der Waals surface area contributed by atoms with Gasteiger partial charge in [-0.2, -0.15) is 0 Å². The molecule has 0 bridgehead atoms. The fraction of sp³-hybridized carbons (Fsp3) is 0.417. The van der Waals surface area contributed by atoms with Crippen LogP contribution in [0.4, 0.5) is 0 Å². The van der Waals surface area contributed by atoms with Crippen LogP contribution in [0.25, 0.3) is 10.2 Å². The molecule has 174 valence electrons. The Balaban J connectivity index is 1.33. The molecule has 4 rings (SSSR count). The van der Waals surface area contributed by atoms with Gasteiger partial charge >= 0.3 is 5.97 Å². The lowest BCUT2D eigenvalue weighted by molar-refractivity contribution is -0.124. The van der Waals surface area contributed by atoms with Crippen LogP contribution >= 0.6 is 23.1 Å². The van der Waals surface area contributed by atoms with Crippen molar-refractivity contribution in [2.75, 3.05) is 18.9 Å². The molecule has 1 amide bonds. The fourth-order valence-electron chi connectivity index (χ4n) is 3.85. The largest absolute Gasteiger partial charge is 0.451 e. The van der Waals surface area contributed by atoms with Gasteiger partial charge in [-0.1, -0.05) is 24.1 Å². The minimum Gasteiger partial charge on any atom is -0.451 e. The second-order valence-corrected chi connectivity index (χ2v) is 10.3. The highest BCUT2D eigenvalue weighted by Crippen LogP contribution is 2.29. The van der Waals surface area contributed by atoms with Gasteiger partial charge in [0.15, 0.2) is 6.61 Å². The summed E-state index contributed by atoms with van der Waals surface area (Å²) in [5, 5.41) is 3.25. The summed E-state index contributed by atoms with van der Waals surface area (Å²) >= 11 is 2.81. The van der Waals surface area contributed by atoms with E-state index in [4.69, 9.17) is 4.74 Å². The minimum absolute atomic E-state index is 0.0893. The minimum atomic E-state index is -0.598. The summed E-state index contributed by atoms with van der Waals surface area (Å²) in [6, 6.07) is 8.21. The van der Waals surface area contributed by atoms with Crippen molar-refractivity contribution in [2.45, 2.75) is 51.0 Å². The molecule has 0 unspecified atom stereocenters. The van der Waals surface area contributed by atoms with Crippen LogP contribution in [0.5, 0.6) is 0 Å². The number of amides is 1. The highest BCUT2D eigenvalue weighted by atomic mass is 32.2. The van der Waals surface area contributed by atoms with Crippen molar-refractivity contribution >= 4 is 45.2 Å². The molecule has 9 heteroatoms. The summed E-state index contributed by atoms with van der Waals surface area (Å²) in [7, 11) is 0. The van der Waals surface area contributed by atoms with Gasteiger partial charge in [0.2, 0.25) is 0 Å². The molecule has 3 aromatic rings. The van der Waals surface area contributed by atoms with E-state index in [1.807, 2.05) is 6.92 Å². The molecule has 1 N–H and O–H groups in total. The van der Waals surface area contributed by atoms with Crippen molar-refractivity contribution in [1.29, 1.82) is 0 Å². The van der Waals surface area contributed by atoms with Crippen LogP contribution in [0.2, 0.25) is 0 Å². The number of thiophene rings is 1. The fourth-order valence-corrected chi connectivity index (χ4v) is 5.70. The molecular formula is C24H27N3O4S2. The number of aromatic nitrogens is 2. The average molecular weight is 486 g/mol. The second-order valence-electron chi connectivity index (χ2n) is 8.12. The third kappa shape index (κ3) is 5.47. The summed E-state index contributed by atoms with van der Waals surface area (Å²) in [5.74, 6) is 0.559. The Bertz CT molecular complexity index is 1230. The van der Waals surface area contributed by atoms with Crippen molar-refractivity contribution in [3.05, 3.63) is 56.4 Å². The maximum Gasteiger partial charge on any atom is 0.349 e. The van der Waals surface area contributed by atoms with Crippen LogP contribution in [0, 0.1) is 13.8 Å². The number of esters is 1. The molecule has 1 aliphatic rings. The van der Waals surface area contributed by atoms with E-state index in [0.29, 0.717) is 33.7 Å². The van der Waals surface area contributed by atoms with Gasteiger partial charge in [-0.25, -0.2) is 9.78 Å². The number of fused-ring (bicyclic) bond motifs is 2. The van der Waals surface area contributed by atoms with E-state index < -0.39 is 5.97 Å². The number of ether oxygens (including phenoxy) is 1. The predicted octanol–water partition coefficient (Wildman–Crippen LogP) is 3.87. The van der Waals surface area contributed by atoms with E-state index in [0.717, 1.165) is 53.5 Å². The van der Waals surface area contributed by atoms with Gasteiger partial charge in [-0.15, -0.1) is 23.1 Å². The molecule has 3 heterocycles. The van der Waals surface area contributed by atoms with Crippen molar-refractivity contribution in [1.82, 2.24) is 14.9 Å². The molecule has 0 spiro atoms. The lowest BCUT2D eigenvalue weighted by Gasteiger charge is -2.08. The quantitative estimate of drug-likeness (QED) is 0.310. The Labute approximate surface area is 200 Å². The zero-order chi connectivity index (χ0) is 23.4. The number of benzene rings is 1. The van der Waals surface area contributed by atoms with Gasteiger partial charge in [0, 0.05) is 30.2 Å². The number of carbonyl (C=O) groups excluding carboxylic acids is 2. The van der Waals surface area contributed by atoms with Crippen molar-refractivity contribution < 1.29 is 14.3 Å². The molecule has 0 fully saturated rings. The van der Waals surface area contributed by atoms with E-state index in [9.17, 15) is 14.4 Å². The van der Waals surface area contributed by atoms with E-state index in [1.54, 1.807) is 23.3 Å². The molecule has 0 saturated carbocycles. The maximum absolute atomic E-state index is 13.0. The standard InChI is InChI=1S/C24H27N3O4S2/c1-15-7-9-17(10-8-15)32-13-11-25-19(28)14-31-24(30)21-16(2)20-22(33-21)26-18-6-4-3-5-12-27(18)23(20)29/h7-10H,3-6,11-14H2,1-2H3,(H,25,28). The molecule has 7 nitrogen and oxygen atoms in total. The average Bonchev–Trinajstić information content (AvgIpc) is 2.96. The zero-order valence-corrected chi connectivity index (χ0v) is 20.4. The Hall–Kier alpha value is -2.65. The van der Waals surface area contributed by atoms with Crippen molar-refractivity contribution in [3.8, 4) is 0 Å². The highest BCUT2D eigenvalue weighted by molar-refractivity contribution is 7.99. The summed E-state index contributed by atoms with van der Waals surface area (Å²) in [6.07, 6.45) is 3.82. The van der Waals surface area contributed by atoms with E-state index in [-0.39, 0.29) is 18.1 Å². The highest BCUT2D eigenvalue weighted by Gasteiger charge is 2.23. The number of rotatable bonds is 7. The summed E-state index contributed by atoms with van der Waals surface area (Å²) in [5.41, 5.74) is 1.69. The summed E-state index contributed by atoms with van der Waals surface area (Å²) in [4.78, 5) is 44.5. The van der Waals surface area contributed by atoms with E-state index in [2.05, 4.69) is 34.6 Å². The van der Waals surface area contributed by atoms with Gasteiger partial charge in [0.25, 0.3) is 11.5 Å². The maximum atomic E-state index is 13.0. The monoisotopic (exact) mass is 485 g/mol. The van der Waals surface area contributed by atoms with E-state index in [1.165, 1.54) is 5.56 Å². The normalized spacial score (nSPS) is 13.4. The molecule has 0 radical (unpaired) electrons. The Morgan fingerprint density at radius 2 is 1.97 bits per heavy atom. The number of thioether (sulfide) groups is 1. The molecule has 0 atom stereocenters. The first-order chi connectivity index (χ1) is 15.9. The molecule has 0 saturated heterocycles. The first-order valence-corrected chi connectivity index (χ1v) is 12.9. The first-order valence-electron chi connectivity index (χ1n) is 11.1. The summed E-state index contributed by atoms with van der Waals surface area (Å²) < 4.78 is 6.97. The number of nitrogens with zero attached hydrogens (tertiary/aromatic N) is 2. The van der Waals surface area contributed by atoms with Crippen LogP contribution in [-0.2, 0) is 22.5 Å². The Kier molecular flexibility index (Phi) is 7.49. The lowest BCUT2D eigenvalue weighted by Crippen LogP contribution is -2.30. The number of nitrogens with one attached hydrogen (secondary N) is 1. The van der Waals surface area contributed by atoms with Gasteiger partial charge < -0.3 is 10.1 Å². The number of carbonyl (C=O) groups is 2. The van der Waals surface area contributed by atoms with Gasteiger partial charge in [0.1, 0.15) is 15.5 Å². The SMILES string of the molecule is Cc1ccc(SCCNC(=O)COC(=O)c2sc3nc4n(c(=O)c3c2C)CCCCC4)cc1. The number of aryl methyl sites for hydroxylation is 3. The molecule has 0 aliphatic carbocycles. The molecule has 33 heavy (non-hydrogen) atoms. The lowest BCUT2D eigenvalue weighted by atomic mass is 10.2. The zero-order valence-electron chi connectivity index (χ0n) is 18.8. The van der Waals surface area contributed by atoms with Gasteiger partial charge in [-0.3, -0.25) is 14.2 Å². The van der Waals surface area contributed by atoms with Gasteiger partial charge in [-0.05, 0) is 44.4 Å². The molecule has 1 aliphatic heterocycles. The van der Waals surface area contributed by atoms with Crippen LogP contribution < -0.4 is 10.9 Å². The second kappa shape index (κ2) is 10.5. The van der Waals surface area contributed by atoms with E-state index >= 15 is 0 Å². The van der Waals surface area contributed by atoms with Crippen molar-refractivity contribution in [2.24, 2.45) is 0 Å². The first kappa shape index (κ1) is 23.5. The Morgan fingerprint density at radius 3 is 2.76 bits per heavy atom. The van der Waals surface area contributed by atoms with Gasteiger partial charge in [0.05, 0.1) is 5.39 Å². The topological polar surface area (TPSA) is 90.3 Å². The molecule has 1 aromatic carbocycles. The smallest absolute Gasteiger partial charge is 0.349 e. The Morgan fingerprint density at radius 1 is 1.18 bits per heavy atom. The van der Waals surface area contributed by atoms with Crippen molar-refractivity contribution in [3.63, 3.8) is 0 Å². The number of hydrogen-bond donors (Lipinski definition) is 1. The van der Waals surface area contributed by atoms with Crippen LogP contribution in [0.1, 0.15) is 45.9 Å². The van der Waals surface area contributed by atoms with Crippen LogP contribution in [-0.4, -0.2) is 40.3 Å². The number of hydrogen-bond acceptors (Lipinski definition) is 7. The molecular weight excluding hydrogens is 458 g/mol. The predicted molar refractivity (Wildman–Crippen MR) is 131 cm³/mol. The van der Waals surface area contributed by atoms with Crippen LogP contribution in [0.3, 0.4) is 0 Å². The third-order valence-electron chi connectivity index (χ3n) is 5.65.